The lowest BCUT2D eigenvalue weighted by Crippen LogP contribution is -2.33. The molecule has 0 saturated carbocycles. The average Bonchev–Trinajstić information content (AvgIpc) is 2.92. The van der Waals surface area contributed by atoms with Crippen molar-refractivity contribution in [3.63, 3.8) is 0 Å². The molecule has 102 valence electrons. The van der Waals surface area contributed by atoms with Gasteiger partial charge in [0.25, 0.3) is 0 Å². The number of rotatable bonds is 5. The average molecular weight is 250 g/mol. The zero-order valence-electron chi connectivity index (χ0n) is 12.1. The minimum atomic E-state index is 0.513. The first-order chi connectivity index (χ1) is 8.63. The largest absolute Gasteiger partial charge is 0.333 e. The number of nitrogens with zero attached hydrogens (tertiary/aromatic N) is 3. The number of aromatic nitrogens is 2. The van der Waals surface area contributed by atoms with Crippen LogP contribution in [0.2, 0.25) is 0 Å². The van der Waals surface area contributed by atoms with E-state index in [4.69, 9.17) is 0 Å². The Morgan fingerprint density at radius 1 is 1.50 bits per heavy atom. The van der Waals surface area contributed by atoms with Gasteiger partial charge in [0.05, 0.1) is 18.1 Å². The van der Waals surface area contributed by atoms with E-state index in [-0.39, 0.29) is 0 Å². The minimum absolute atomic E-state index is 0.513. The Hall–Kier alpha value is -0.870. The molecular weight excluding hydrogens is 224 g/mol. The van der Waals surface area contributed by atoms with Gasteiger partial charge in [-0.2, -0.15) is 0 Å². The summed E-state index contributed by atoms with van der Waals surface area (Å²) < 4.78 is 2.27. The van der Waals surface area contributed by atoms with Gasteiger partial charge in [-0.3, -0.25) is 4.90 Å². The fourth-order valence-corrected chi connectivity index (χ4v) is 2.94. The molecule has 0 aliphatic carbocycles. The highest BCUT2D eigenvalue weighted by Gasteiger charge is 2.34. The second kappa shape index (κ2) is 5.85. The van der Waals surface area contributed by atoms with Crippen LogP contribution in [0.5, 0.6) is 0 Å². The van der Waals surface area contributed by atoms with Crippen LogP contribution >= 0.6 is 0 Å². The molecule has 2 heterocycles. The van der Waals surface area contributed by atoms with E-state index in [0.717, 1.165) is 13.1 Å². The van der Waals surface area contributed by atoms with Gasteiger partial charge in [-0.15, -0.1) is 0 Å². The molecule has 2 rings (SSSR count). The van der Waals surface area contributed by atoms with Crippen LogP contribution in [-0.4, -0.2) is 40.6 Å². The number of nitrogens with one attached hydrogen (secondary N) is 1. The first-order valence-corrected chi connectivity index (χ1v) is 7.07. The third-order valence-corrected chi connectivity index (χ3v) is 3.95. The maximum absolute atomic E-state index is 4.32. The molecule has 4 nitrogen and oxygen atoms in total. The van der Waals surface area contributed by atoms with Gasteiger partial charge in [-0.25, -0.2) is 4.98 Å². The Balaban J connectivity index is 2.12. The van der Waals surface area contributed by atoms with E-state index in [1.807, 2.05) is 12.5 Å². The molecule has 0 bridgehead atoms. The zero-order valence-corrected chi connectivity index (χ0v) is 12.1. The van der Waals surface area contributed by atoms with Crippen LogP contribution in [0.1, 0.15) is 38.9 Å². The molecule has 1 aliphatic heterocycles. The van der Waals surface area contributed by atoms with Crippen molar-refractivity contribution in [1.82, 2.24) is 19.8 Å². The Labute approximate surface area is 110 Å². The summed E-state index contributed by atoms with van der Waals surface area (Å²) in [7, 11) is 2.23. The fraction of sp³-hybridized carbons (Fsp3) is 0.786. The van der Waals surface area contributed by atoms with Crippen molar-refractivity contribution in [1.29, 1.82) is 0 Å². The summed E-state index contributed by atoms with van der Waals surface area (Å²) in [4.78, 5) is 6.79. The van der Waals surface area contributed by atoms with Gasteiger partial charge < -0.3 is 9.88 Å². The van der Waals surface area contributed by atoms with E-state index in [1.165, 1.54) is 18.7 Å². The number of aryl methyl sites for hydroxylation is 1. The van der Waals surface area contributed by atoms with Crippen LogP contribution in [0.4, 0.5) is 0 Å². The molecule has 2 atom stereocenters. The predicted octanol–water partition coefficient (Wildman–Crippen LogP) is 1.89. The smallest absolute Gasteiger partial charge is 0.0948 e. The second-order valence-corrected chi connectivity index (χ2v) is 5.64. The lowest BCUT2D eigenvalue weighted by molar-refractivity contribution is 0.258. The van der Waals surface area contributed by atoms with Crippen molar-refractivity contribution in [3.05, 3.63) is 18.2 Å². The maximum Gasteiger partial charge on any atom is 0.0948 e. The summed E-state index contributed by atoms with van der Waals surface area (Å²) in [5.41, 5.74) is 1.37. The van der Waals surface area contributed by atoms with E-state index in [0.29, 0.717) is 18.0 Å². The van der Waals surface area contributed by atoms with Crippen LogP contribution in [0.25, 0.3) is 0 Å². The lowest BCUT2D eigenvalue weighted by atomic mass is 9.97. The van der Waals surface area contributed by atoms with E-state index in [9.17, 15) is 0 Å². The molecular formula is C14H26N4. The third-order valence-electron chi connectivity index (χ3n) is 3.95. The van der Waals surface area contributed by atoms with Crippen LogP contribution in [0.15, 0.2) is 12.5 Å². The maximum atomic E-state index is 4.32. The molecule has 2 unspecified atom stereocenters. The van der Waals surface area contributed by atoms with Gasteiger partial charge in [0.15, 0.2) is 0 Å². The number of likely N-dealkylation sites (tertiary alicyclic amines) is 1. The molecule has 1 aliphatic rings. The van der Waals surface area contributed by atoms with Gasteiger partial charge >= 0.3 is 0 Å². The molecule has 0 amide bonds. The molecule has 1 fully saturated rings. The predicted molar refractivity (Wildman–Crippen MR) is 74.5 cm³/mol. The normalized spacial score (nSPS) is 25.2. The molecule has 1 aromatic rings. The standard InChI is InChI=1S/C14H26N4/c1-5-18-10-15-9-13(18)14-12(6-7-17(14)4)8-16-11(2)3/h9-12,14,16H,5-8H2,1-4H3. The summed E-state index contributed by atoms with van der Waals surface area (Å²) in [6.45, 7) is 9.89. The number of hydrogen-bond donors (Lipinski definition) is 1. The molecule has 0 spiro atoms. The highest BCUT2D eigenvalue weighted by atomic mass is 15.2. The summed E-state index contributed by atoms with van der Waals surface area (Å²) in [5.74, 6) is 0.694. The lowest BCUT2D eigenvalue weighted by Gasteiger charge is -2.26. The quantitative estimate of drug-likeness (QED) is 0.866. The SMILES string of the molecule is CCn1cncc1C1C(CNC(C)C)CCN1C. The van der Waals surface area contributed by atoms with E-state index in [2.05, 4.69) is 47.6 Å². The second-order valence-electron chi connectivity index (χ2n) is 5.64. The molecule has 0 radical (unpaired) electrons. The first-order valence-electron chi connectivity index (χ1n) is 7.07. The first kappa shape index (κ1) is 13.6. The molecule has 0 aromatic carbocycles. The van der Waals surface area contributed by atoms with Crippen molar-refractivity contribution in [3.8, 4) is 0 Å². The summed E-state index contributed by atoms with van der Waals surface area (Å²) >= 11 is 0. The molecule has 1 saturated heterocycles. The van der Waals surface area contributed by atoms with Crippen molar-refractivity contribution in [2.24, 2.45) is 5.92 Å². The zero-order chi connectivity index (χ0) is 13.1. The van der Waals surface area contributed by atoms with Crippen LogP contribution < -0.4 is 5.32 Å². The molecule has 18 heavy (non-hydrogen) atoms. The highest BCUT2D eigenvalue weighted by Crippen LogP contribution is 2.35. The number of imidazole rings is 1. The van der Waals surface area contributed by atoms with Crippen molar-refractivity contribution in [2.45, 2.75) is 45.8 Å². The van der Waals surface area contributed by atoms with Gasteiger partial charge in [-0.05, 0) is 32.9 Å². The van der Waals surface area contributed by atoms with Crippen molar-refractivity contribution in [2.75, 3.05) is 20.1 Å². The Morgan fingerprint density at radius 3 is 2.94 bits per heavy atom. The summed E-state index contributed by atoms with van der Waals surface area (Å²) in [5, 5.41) is 3.58. The van der Waals surface area contributed by atoms with Crippen molar-refractivity contribution >= 4 is 0 Å². The Bertz CT molecular complexity index is 372. The van der Waals surface area contributed by atoms with Gasteiger partial charge in [-0.1, -0.05) is 13.8 Å². The molecule has 1 aromatic heterocycles. The fourth-order valence-electron chi connectivity index (χ4n) is 2.94. The van der Waals surface area contributed by atoms with Gasteiger partial charge in [0.1, 0.15) is 0 Å². The van der Waals surface area contributed by atoms with Crippen LogP contribution in [0, 0.1) is 5.92 Å². The van der Waals surface area contributed by atoms with E-state index in [1.54, 1.807) is 0 Å². The monoisotopic (exact) mass is 250 g/mol. The minimum Gasteiger partial charge on any atom is -0.333 e. The molecule has 1 N–H and O–H groups in total. The van der Waals surface area contributed by atoms with Gasteiger partial charge in [0.2, 0.25) is 0 Å². The van der Waals surface area contributed by atoms with Crippen molar-refractivity contribution < 1.29 is 0 Å². The third kappa shape index (κ3) is 2.75. The summed E-state index contributed by atoms with van der Waals surface area (Å²) in [6, 6.07) is 1.08. The van der Waals surface area contributed by atoms with E-state index < -0.39 is 0 Å². The van der Waals surface area contributed by atoms with Crippen LogP contribution in [0.3, 0.4) is 0 Å². The summed E-state index contributed by atoms with van der Waals surface area (Å²) in [6.07, 6.45) is 5.27. The number of hydrogen-bond acceptors (Lipinski definition) is 3. The Kier molecular flexibility index (Phi) is 4.40. The Morgan fingerprint density at radius 2 is 2.28 bits per heavy atom. The molecule has 4 heteroatoms. The highest BCUT2D eigenvalue weighted by molar-refractivity contribution is 5.10. The van der Waals surface area contributed by atoms with Crippen LogP contribution in [-0.2, 0) is 6.54 Å². The topological polar surface area (TPSA) is 33.1 Å². The van der Waals surface area contributed by atoms with E-state index >= 15 is 0 Å². The van der Waals surface area contributed by atoms with Gasteiger partial charge in [0, 0.05) is 25.3 Å².